The fourth-order valence-electron chi connectivity index (χ4n) is 1.51. The first-order valence-electron chi connectivity index (χ1n) is 5.38. The van der Waals surface area contributed by atoms with Gasteiger partial charge in [-0.05, 0) is 62.3 Å². The maximum absolute atomic E-state index is 10.8. The van der Waals surface area contributed by atoms with Gasteiger partial charge in [-0.2, -0.15) is 0 Å². The fraction of sp³-hybridized carbons (Fsp3) is 0.0769. The molecule has 0 amide bonds. The van der Waals surface area contributed by atoms with Crippen LogP contribution < -0.4 is 4.74 Å². The van der Waals surface area contributed by atoms with E-state index >= 15 is 0 Å². The Balaban J connectivity index is 2.14. The van der Waals surface area contributed by atoms with Crippen molar-refractivity contribution in [1.82, 2.24) is 0 Å². The van der Waals surface area contributed by atoms with Crippen LogP contribution in [0.1, 0.15) is 5.56 Å². The summed E-state index contributed by atoms with van der Waals surface area (Å²) >= 11 is 5.34. The van der Waals surface area contributed by atoms with E-state index in [9.17, 15) is 10.1 Å². The number of para-hydroxylation sites is 1. The molecule has 0 aliphatic rings. The third-order valence-electron chi connectivity index (χ3n) is 2.44. The van der Waals surface area contributed by atoms with Crippen LogP contribution in [0.5, 0.6) is 5.75 Å². The van der Waals surface area contributed by atoms with Crippen LogP contribution in [0.25, 0.3) is 0 Å². The van der Waals surface area contributed by atoms with Crippen molar-refractivity contribution in [3.8, 4) is 5.75 Å². The van der Waals surface area contributed by atoms with E-state index in [1.54, 1.807) is 12.1 Å². The Morgan fingerprint density at radius 1 is 1.26 bits per heavy atom. The van der Waals surface area contributed by atoms with Crippen LogP contribution in [0.2, 0.25) is 0 Å². The number of nitrogens with zero attached hydrogens (tertiary/aromatic N) is 1. The van der Waals surface area contributed by atoms with Gasteiger partial charge in [-0.3, -0.25) is 10.1 Å². The lowest BCUT2D eigenvalue weighted by Gasteiger charge is -2.08. The first-order valence-corrected chi connectivity index (χ1v) is 7.25. The minimum Gasteiger partial charge on any atom is -0.488 e. The van der Waals surface area contributed by atoms with Gasteiger partial charge in [0.25, 0.3) is 5.69 Å². The van der Waals surface area contributed by atoms with Crippen LogP contribution in [-0.4, -0.2) is 4.92 Å². The molecule has 0 aromatic heterocycles. The van der Waals surface area contributed by atoms with Gasteiger partial charge in [0.2, 0.25) is 0 Å². The van der Waals surface area contributed by atoms with E-state index in [-0.39, 0.29) is 5.69 Å². The summed E-state index contributed by atoms with van der Waals surface area (Å²) in [6.45, 7) is 0.300. The molecule has 0 bridgehead atoms. The zero-order chi connectivity index (χ0) is 13.8. The molecule has 0 N–H and O–H groups in total. The minimum absolute atomic E-state index is 0.0452. The predicted octanol–water partition coefficient (Wildman–Crippen LogP) is 4.54. The van der Waals surface area contributed by atoms with Crippen molar-refractivity contribution in [2.75, 3.05) is 0 Å². The van der Waals surface area contributed by atoms with Gasteiger partial charge < -0.3 is 4.74 Å². The Bertz CT molecular complexity index is 619. The minimum atomic E-state index is -0.417. The smallest absolute Gasteiger partial charge is 0.283 e. The fourth-order valence-corrected chi connectivity index (χ4v) is 2.45. The van der Waals surface area contributed by atoms with Crippen molar-refractivity contribution in [1.29, 1.82) is 0 Å². The molecule has 2 rings (SSSR count). The number of hydrogen-bond acceptors (Lipinski definition) is 3. The quantitative estimate of drug-likeness (QED) is 0.404. The van der Waals surface area contributed by atoms with Gasteiger partial charge in [-0.25, -0.2) is 0 Å². The molecule has 4 nitrogen and oxygen atoms in total. The number of nitro benzene ring substituents is 1. The Morgan fingerprint density at radius 2 is 2.00 bits per heavy atom. The second-order valence-electron chi connectivity index (χ2n) is 3.76. The topological polar surface area (TPSA) is 52.4 Å². The molecule has 0 radical (unpaired) electrons. The van der Waals surface area contributed by atoms with Gasteiger partial charge >= 0.3 is 0 Å². The van der Waals surface area contributed by atoms with E-state index in [0.29, 0.717) is 11.1 Å². The van der Waals surface area contributed by atoms with Crippen molar-refractivity contribution in [3.63, 3.8) is 0 Å². The maximum Gasteiger partial charge on any atom is 0.283 e. The monoisotopic (exact) mass is 433 g/mol. The van der Waals surface area contributed by atoms with Crippen LogP contribution in [-0.2, 0) is 6.61 Å². The summed E-state index contributed by atoms with van der Waals surface area (Å²) in [5.74, 6) is 0.772. The number of rotatable bonds is 4. The Morgan fingerprint density at radius 3 is 2.68 bits per heavy atom. The molecule has 2 aromatic carbocycles. The molecule has 0 aliphatic carbocycles. The van der Waals surface area contributed by atoms with Crippen LogP contribution in [0.15, 0.2) is 46.9 Å². The lowest BCUT2D eigenvalue weighted by atomic mass is 10.2. The van der Waals surface area contributed by atoms with Crippen LogP contribution in [0.4, 0.5) is 5.69 Å². The summed E-state index contributed by atoms with van der Waals surface area (Å²) in [7, 11) is 0. The summed E-state index contributed by atoms with van der Waals surface area (Å²) in [5.41, 5.74) is 0.804. The lowest BCUT2D eigenvalue weighted by Crippen LogP contribution is -1.98. The summed E-state index contributed by atoms with van der Waals surface area (Å²) in [5, 5.41) is 10.8. The molecule has 0 saturated heterocycles. The molecular weight excluding hydrogens is 425 g/mol. The lowest BCUT2D eigenvalue weighted by molar-refractivity contribution is -0.385. The van der Waals surface area contributed by atoms with Crippen LogP contribution in [0, 0.1) is 13.7 Å². The third-order valence-corrected chi connectivity index (χ3v) is 4.00. The Hall–Kier alpha value is -1.15. The summed E-state index contributed by atoms with van der Waals surface area (Å²) in [4.78, 5) is 10.4. The van der Waals surface area contributed by atoms with E-state index < -0.39 is 4.92 Å². The molecule has 0 aliphatic heterocycles. The number of benzene rings is 2. The molecule has 2 aromatic rings. The van der Waals surface area contributed by atoms with E-state index in [0.717, 1.165) is 14.9 Å². The van der Waals surface area contributed by atoms with Crippen molar-refractivity contribution in [2.24, 2.45) is 0 Å². The summed E-state index contributed by atoms with van der Waals surface area (Å²) in [6.07, 6.45) is 0. The average Bonchev–Trinajstić information content (AvgIpc) is 2.39. The highest BCUT2D eigenvalue weighted by Crippen LogP contribution is 2.27. The molecule has 19 heavy (non-hydrogen) atoms. The van der Waals surface area contributed by atoms with Crippen LogP contribution in [0.3, 0.4) is 0 Å². The zero-order valence-corrected chi connectivity index (χ0v) is 13.4. The van der Waals surface area contributed by atoms with Crippen LogP contribution >= 0.6 is 38.5 Å². The van der Waals surface area contributed by atoms with E-state index in [4.69, 9.17) is 4.74 Å². The standard InChI is InChI=1S/C13H9BrINO3/c14-10-6-5-9(7-12(10)16(17)18)8-19-13-4-2-1-3-11(13)15/h1-7H,8H2. The highest BCUT2D eigenvalue weighted by atomic mass is 127. The van der Waals surface area contributed by atoms with Crippen molar-refractivity contribution < 1.29 is 9.66 Å². The summed E-state index contributed by atoms with van der Waals surface area (Å²) in [6, 6.07) is 12.6. The van der Waals surface area contributed by atoms with E-state index in [2.05, 4.69) is 38.5 Å². The highest BCUT2D eigenvalue weighted by molar-refractivity contribution is 14.1. The van der Waals surface area contributed by atoms with Crippen molar-refractivity contribution in [3.05, 3.63) is 66.2 Å². The van der Waals surface area contributed by atoms with Gasteiger partial charge in [0, 0.05) is 6.07 Å². The molecule has 6 heteroatoms. The second-order valence-corrected chi connectivity index (χ2v) is 5.78. The largest absolute Gasteiger partial charge is 0.488 e. The van der Waals surface area contributed by atoms with Crippen molar-refractivity contribution >= 4 is 44.2 Å². The second kappa shape index (κ2) is 6.33. The number of nitro groups is 1. The SMILES string of the molecule is O=[N+]([O-])c1cc(COc2ccccc2I)ccc1Br. The number of halogens is 2. The maximum atomic E-state index is 10.8. The molecule has 0 spiro atoms. The van der Waals surface area contributed by atoms with Gasteiger partial charge in [-0.1, -0.05) is 18.2 Å². The summed E-state index contributed by atoms with van der Waals surface area (Å²) < 4.78 is 7.13. The zero-order valence-electron chi connectivity index (χ0n) is 9.68. The molecule has 0 saturated carbocycles. The molecular formula is C13H9BrINO3. The van der Waals surface area contributed by atoms with E-state index in [1.807, 2.05) is 24.3 Å². The first kappa shape index (κ1) is 14.3. The first-order chi connectivity index (χ1) is 9.08. The molecule has 0 fully saturated rings. The normalized spacial score (nSPS) is 10.2. The molecule has 0 atom stereocenters. The molecule has 0 heterocycles. The van der Waals surface area contributed by atoms with Gasteiger partial charge in [0.15, 0.2) is 0 Å². The molecule has 0 unspecified atom stereocenters. The van der Waals surface area contributed by atoms with Gasteiger partial charge in [-0.15, -0.1) is 0 Å². The average molecular weight is 434 g/mol. The molecule has 98 valence electrons. The van der Waals surface area contributed by atoms with Crippen molar-refractivity contribution in [2.45, 2.75) is 6.61 Å². The van der Waals surface area contributed by atoms with E-state index in [1.165, 1.54) is 6.07 Å². The third kappa shape index (κ3) is 3.66. The highest BCUT2D eigenvalue weighted by Gasteiger charge is 2.12. The Labute approximate surface area is 132 Å². The Kier molecular flexibility index (Phi) is 4.76. The predicted molar refractivity (Wildman–Crippen MR) is 84.3 cm³/mol. The van der Waals surface area contributed by atoms with Gasteiger partial charge in [0.1, 0.15) is 12.4 Å². The number of hydrogen-bond donors (Lipinski definition) is 0. The van der Waals surface area contributed by atoms with Gasteiger partial charge in [0.05, 0.1) is 13.0 Å². The number of ether oxygens (including phenoxy) is 1.